The van der Waals surface area contributed by atoms with Crippen molar-refractivity contribution in [2.75, 3.05) is 5.32 Å². The fourth-order valence-electron chi connectivity index (χ4n) is 4.56. The zero-order valence-electron chi connectivity index (χ0n) is 21.5. The van der Waals surface area contributed by atoms with Crippen molar-refractivity contribution in [3.8, 4) is 11.5 Å². The van der Waals surface area contributed by atoms with Gasteiger partial charge in [-0.1, -0.05) is 18.2 Å². The van der Waals surface area contributed by atoms with Crippen LogP contribution < -0.4 is 11.1 Å². The largest absolute Gasteiger partial charge is 0.386 e. The fraction of sp³-hybridized carbons (Fsp3) is 0.179. The Morgan fingerprint density at radius 2 is 1.90 bits per heavy atom. The summed E-state index contributed by atoms with van der Waals surface area (Å²) in [5.41, 5.74) is 8.87. The SMILES string of the molecule is Cc1ccc(NC(=O)c2nc(-c3nn(Cc4ccccc4F)c4ncccc34)nc3c2C(C)(C)C(N)=N3)cn1. The summed E-state index contributed by atoms with van der Waals surface area (Å²) in [5.74, 6) is 0.0122. The molecule has 6 rings (SSSR count). The first-order valence-corrected chi connectivity index (χ1v) is 12.3. The molecule has 1 aliphatic rings. The maximum Gasteiger partial charge on any atom is 0.274 e. The second-order valence-corrected chi connectivity index (χ2v) is 9.83. The topological polar surface area (TPSA) is 137 Å². The lowest BCUT2D eigenvalue weighted by molar-refractivity contribution is 0.102. The van der Waals surface area contributed by atoms with E-state index in [-0.39, 0.29) is 23.9 Å². The summed E-state index contributed by atoms with van der Waals surface area (Å²) >= 11 is 0. The Kier molecular flexibility index (Phi) is 5.63. The summed E-state index contributed by atoms with van der Waals surface area (Å²) in [7, 11) is 0. The molecule has 10 nitrogen and oxygen atoms in total. The van der Waals surface area contributed by atoms with Gasteiger partial charge in [-0.3, -0.25) is 9.78 Å². The molecular formula is C28H24FN9O. The number of anilines is 1. The Morgan fingerprint density at radius 3 is 2.67 bits per heavy atom. The molecule has 3 N–H and O–H groups in total. The van der Waals surface area contributed by atoms with Crippen molar-refractivity contribution in [1.29, 1.82) is 0 Å². The minimum absolute atomic E-state index is 0.130. The zero-order chi connectivity index (χ0) is 27.3. The molecule has 0 spiro atoms. The zero-order valence-corrected chi connectivity index (χ0v) is 21.5. The Bertz CT molecular complexity index is 1790. The molecule has 0 saturated heterocycles. The monoisotopic (exact) mass is 521 g/mol. The summed E-state index contributed by atoms with van der Waals surface area (Å²) in [6, 6.07) is 13.7. The molecule has 0 aliphatic carbocycles. The van der Waals surface area contributed by atoms with Crippen LogP contribution in [0.3, 0.4) is 0 Å². The molecule has 0 atom stereocenters. The molecule has 0 saturated carbocycles. The van der Waals surface area contributed by atoms with Crippen LogP contribution in [0, 0.1) is 12.7 Å². The smallest absolute Gasteiger partial charge is 0.274 e. The predicted octanol–water partition coefficient (Wildman–Crippen LogP) is 4.31. The number of amides is 1. The summed E-state index contributed by atoms with van der Waals surface area (Å²) in [6.45, 7) is 5.75. The van der Waals surface area contributed by atoms with E-state index in [2.05, 4.69) is 25.3 Å². The third kappa shape index (κ3) is 4.17. The summed E-state index contributed by atoms with van der Waals surface area (Å²) < 4.78 is 16.0. The van der Waals surface area contributed by atoms with Crippen molar-refractivity contribution in [2.45, 2.75) is 32.7 Å². The lowest BCUT2D eigenvalue weighted by atomic mass is 9.84. The molecule has 1 aromatic carbocycles. The standard InChI is InChI=1S/C28H24FN9O/c1-15-10-11-17(13-32-15)33-26(39)22-20-23(36-27(30)28(20,2)3)35-24(34-22)21-18-8-6-12-31-25(18)38(37-21)14-16-7-4-5-9-19(16)29/h4-13H,14H2,1-3H3,(H,33,39)(H2,30,34,35,36). The second kappa shape index (κ2) is 9.05. The first-order valence-electron chi connectivity index (χ1n) is 12.3. The second-order valence-electron chi connectivity index (χ2n) is 9.83. The minimum atomic E-state index is -0.764. The number of carbonyl (C=O) groups excluding carboxylic acids is 1. The molecule has 0 fully saturated rings. The molecule has 0 unspecified atom stereocenters. The van der Waals surface area contributed by atoms with Gasteiger partial charge < -0.3 is 11.1 Å². The summed E-state index contributed by atoms with van der Waals surface area (Å²) in [6.07, 6.45) is 3.21. The maximum absolute atomic E-state index is 14.4. The number of aryl methyl sites for hydroxylation is 1. The van der Waals surface area contributed by atoms with E-state index in [4.69, 9.17) is 15.8 Å². The van der Waals surface area contributed by atoms with Crippen molar-refractivity contribution in [3.05, 3.63) is 89.3 Å². The third-order valence-corrected chi connectivity index (χ3v) is 6.76. The van der Waals surface area contributed by atoms with Crippen molar-refractivity contribution < 1.29 is 9.18 Å². The van der Waals surface area contributed by atoms with Crippen LogP contribution in [0.5, 0.6) is 0 Å². The molecule has 5 heterocycles. The van der Waals surface area contributed by atoms with E-state index in [1.54, 1.807) is 53.5 Å². The van der Waals surface area contributed by atoms with Crippen LogP contribution in [0.2, 0.25) is 0 Å². The number of amidine groups is 1. The minimum Gasteiger partial charge on any atom is -0.386 e. The molecular weight excluding hydrogens is 497 g/mol. The molecule has 1 aliphatic heterocycles. The lowest BCUT2D eigenvalue weighted by Gasteiger charge is -2.21. The number of pyridine rings is 2. The number of hydrogen-bond donors (Lipinski definition) is 2. The number of nitrogens with two attached hydrogens (primary N) is 1. The number of halogens is 1. The van der Waals surface area contributed by atoms with E-state index in [1.165, 1.54) is 6.07 Å². The lowest BCUT2D eigenvalue weighted by Crippen LogP contribution is -2.34. The number of nitrogens with one attached hydrogen (secondary N) is 1. The van der Waals surface area contributed by atoms with Gasteiger partial charge in [0.15, 0.2) is 17.3 Å². The van der Waals surface area contributed by atoms with Gasteiger partial charge in [0.05, 0.1) is 29.2 Å². The van der Waals surface area contributed by atoms with Gasteiger partial charge in [-0.05, 0) is 51.1 Å². The van der Waals surface area contributed by atoms with Gasteiger partial charge in [-0.2, -0.15) is 5.10 Å². The van der Waals surface area contributed by atoms with Crippen LogP contribution in [-0.2, 0) is 12.0 Å². The number of rotatable bonds is 5. The fourth-order valence-corrected chi connectivity index (χ4v) is 4.56. The molecule has 0 bridgehead atoms. The van der Waals surface area contributed by atoms with Crippen molar-refractivity contribution in [2.24, 2.45) is 10.7 Å². The normalized spacial score (nSPS) is 13.8. The van der Waals surface area contributed by atoms with Crippen LogP contribution >= 0.6 is 0 Å². The first-order chi connectivity index (χ1) is 18.7. The predicted molar refractivity (Wildman–Crippen MR) is 145 cm³/mol. The van der Waals surface area contributed by atoms with E-state index < -0.39 is 11.3 Å². The Balaban J connectivity index is 1.50. The van der Waals surface area contributed by atoms with Crippen LogP contribution in [0.4, 0.5) is 15.9 Å². The van der Waals surface area contributed by atoms with E-state index >= 15 is 0 Å². The third-order valence-electron chi connectivity index (χ3n) is 6.76. The first kappa shape index (κ1) is 24.3. The van der Waals surface area contributed by atoms with Crippen molar-refractivity contribution in [1.82, 2.24) is 29.7 Å². The van der Waals surface area contributed by atoms with Crippen molar-refractivity contribution in [3.63, 3.8) is 0 Å². The molecule has 0 radical (unpaired) electrons. The molecule has 11 heteroatoms. The van der Waals surface area contributed by atoms with Gasteiger partial charge in [0.1, 0.15) is 23.0 Å². The van der Waals surface area contributed by atoms with Gasteiger partial charge in [-0.25, -0.2) is 29.0 Å². The number of aromatic nitrogens is 6. The average molecular weight is 522 g/mol. The number of aliphatic imine (C=N–C) groups is 1. The van der Waals surface area contributed by atoms with E-state index in [9.17, 15) is 9.18 Å². The average Bonchev–Trinajstić information content (AvgIpc) is 3.40. The number of carbonyl (C=O) groups is 1. The van der Waals surface area contributed by atoms with Gasteiger partial charge in [-0.15, -0.1) is 0 Å². The highest BCUT2D eigenvalue weighted by molar-refractivity contribution is 6.09. The highest BCUT2D eigenvalue weighted by Gasteiger charge is 2.40. The van der Waals surface area contributed by atoms with Gasteiger partial charge in [0.2, 0.25) is 0 Å². The molecule has 1 amide bonds. The van der Waals surface area contributed by atoms with Crippen LogP contribution in [0.15, 0.2) is 65.9 Å². The number of nitrogens with zero attached hydrogens (tertiary/aromatic N) is 7. The number of fused-ring (bicyclic) bond motifs is 2. The van der Waals surface area contributed by atoms with Gasteiger partial charge in [0.25, 0.3) is 5.91 Å². The van der Waals surface area contributed by atoms with E-state index in [1.807, 2.05) is 26.8 Å². The number of benzene rings is 1. The Hall–Kier alpha value is -5.06. The summed E-state index contributed by atoms with van der Waals surface area (Å²) in [5, 5.41) is 8.23. The van der Waals surface area contributed by atoms with E-state index in [0.29, 0.717) is 45.2 Å². The Morgan fingerprint density at radius 1 is 1.08 bits per heavy atom. The molecule has 4 aromatic heterocycles. The summed E-state index contributed by atoms with van der Waals surface area (Å²) in [4.78, 5) is 36.1. The quantitative estimate of drug-likeness (QED) is 0.352. The molecule has 5 aromatic rings. The number of hydrogen-bond acceptors (Lipinski definition) is 8. The van der Waals surface area contributed by atoms with Gasteiger partial charge in [0, 0.05) is 23.0 Å². The molecule has 39 heavy (non-hydrogen) atoms. The maximum atomic E-state index is 14.4. The van der Waals surface area contributed by atoms with Crippen LogP contribution in [0.25, 0.3) is 22.6 Å². The van der Waals surface area contributed by atoms with Crippen LogP contribution in [0.1, 0.15) is 41.2 Å². The van der Waals surface area contributed by atoms with Gasteiger partial charge >= 0.3 is 0 Å². The Labute approximate surface area is 222 Å². The van der Waals surface area contributed by atoms with E-state index in [0.717, 1.165) is 5.69 Å². The van der Waals surface area contributed by atoms with Crippen LogP contribution in [-0.4, -0.2) is 41.5 Å². The molecule has 194 valence electrons. The highest BCUT2D eigenvalue weighted by Crippen LogP contribution is 2.41. The van der Waals surface area contributed by atoms with Crippen molar-refractivity contribution >= 4 is 34.3 Å². The highest BCUT2D eigenvalue weighted by atomic mass is 19.1.